The second-order valence-electron chi connectivity index (χ2n) is 2.34. The van der Waals surface area contributed by atoms with Crippen LogP contribution in [0.2, 0.25) is 0 Å². The Bertz CT molecular complexity index is 120. The standard InChI is InChI=1S/C7H12OS/c1-9-5-6-3-2-4-7(6)8/h5,7-8H,2-4H2,1H3/b6-5-. The molecule has 0 saturated heterocycles. The minimum atomic E-state index is -0.127. The van der Waals surface area contributed by atoms with Gasteiger partial charge >= 0.3 is 0 Å². The Balaban J connectivity index is 2.48. The molecular weight excluding hydrogens is 132 g/mol. The molecule has 0 radical (unpaired) electrons. The molecule has 0 amide bonds. The summed E-state index contributed by atoms with van der Waals surface area (Å²) in [5.74, 6) is 0. The van der Waals surface area contributed by atoms with Crippen molar-refractivity contribution in [3.05, 3.63) is 11.0 Å². The summed E-state index contributed by atoms with van der Waals surface area (Å²) in [6.45, 7) is 0. The summed E-state index contributed by atoms with van der Waals surface area (Å²) in [7, 11) is 0. The molecule has 0 heterocycles. The van der Waals surface area contributed by atoms with E-state index in [1.165, 1.54) is 5.57 Å². The Labute approximate surface area is 60.2 Å². The number of aliphatic hydroxyl groups excluding tert-OH is 1. The maximum atomic E-state index is 9.24. The van der Waals surface area contributed by atoms with Crippen molar-refractivity contribution >= 4 is 11.8 Å². The lowest BCUT2D eigenvalue weighted by Crippen LogP contribution is -2.00. The van der Waals surface area contributed by atoms with Crippen LogP contribution in [0.5, 0.6) is 0 Å². The minimum Gasteiger partial charge on any atom is -0.389 e. The molecule has 1 aliphatic carbocycles. The third kappa shape index (κ3) is 1.73. The quantitative estimate of drug-likeness (QED) is 0.605. The molecule has 1 aliphatic rings. The zero-order valence-electron chi connectivity index (χ0n) is 5.63. The van der Waals surface area contributed by atoms with E-state index in [9.17, 15) is 5.11 Å². The van der Waals surface area contributed by atoms with Crippen LogP contribution in [0.25, 0.3) is 0 Å². The molecule has 52 valence electrons. The van der Waals surface area contributed by atoms with Crippen LogP contribution in [0.1, 0.15) is 19.3 Å². The van der Waals surface area contributed by atoms with E-state index in [1.54, 1.807) is 11.8 Å². The maximum absolute atomic E-state index is 9.24. The van der Waals surface area contributed by atoms with E-state index in [-0.39, 0.29) is 6.10 Å². The number of rotatable bonds is 1. The van der Waals surface area contributed by atoms with Gasteiger partial charge < -0.3 is 5.11 Å². The number of hydrogen-bond acceptors (Lipinski definition) is 2. The summed E-state index contributed by atoms with van der Waals surface area (Å²) < 4.78 is 0. The highest BCUT2D eigenvalue weighted by Gasteiger charge is 2.16. The summed E-state index contributed by atoms with van der Waals surface area (Å²) in [4.78, 5) is 0. The smallest absolute Gasteiger partial charge is 0.0758 e. The van der Waals surface area contributed by atoms with Crippen molar-refractivity contribution in [1.29, 1.82) is 0 Å². The van der Waals surface area contributed by atoms with Crippen LogP contribution >= 0.6 is 11.8 Å². The Morgan fingerprint density at radius 2 is 2.56 bits per heavy atom. The van der Waals surface area contributed by atoms with Crippen LogP contribution < -0.4 is 0 Å². The molecule has 2 heteroatoms. The average Bonchev–Trinajstić information content (AvgIpc) is 2.18. The van der Waals surface area contributed by atoms with Crippen LogP contribution in [0.15, 0.2) is 11.0 Å². The molecule has 0 aromatic heterocycles. The summed E-state index contributed by atoms with van der Waals surface area (Å²) in [6, 6.07) is 0. The highest BCUT2D eigenvalue weighted by molar-refractivity contribution is 8.01. The molecule has 1 atom stereocenters. The normalized spacial score (nSPS) is 31.8. The summed E-state index contributed by atoms with van der Waals surface area (Å²) in [5.41, 5.74) is 1.22. The first kappa shape index (κ1) is 7.16. The van der Waals surface area contributed by atoms with Gasteiger partial charge in [0.1, 0.15) is 0 Å². The summed E-state index contributed by atoms with van der Waals surface area (Å²) in [6.07, 6.45) is 5.12. The fourth-order valence-electron chi connectivity index (χ4n) is 1.14. The number of thioether (sulfide) groups is 1. The van der Waals surface area contributed by atoms with Crippen molar-refractivity contribution in [1.82, 2.24) is 0 Å². The van der Waals surface area contributed by atoms with Gasteiger partial charge in [-0.15, -0.1) is 11.8 Å². The van der Waals surface area contributed by atoms with E-state index in [1.807, 2.05) is 6.26 Å². The molecule has 0 bridgehead atoms. The molecule has 9 heavy (non-hydrogen) atoms. The van der Waals surface area contributed by atoms with Crippen molar-refractivity contribution in [2.45, 2.75) is 25.4 Å². The third-order valence-electron chi connectivity index (χ3n) is 1.64. The van der Waals surface area contributed by atoms with Crippen molar-refractivity contribution in [3.8, 4) is 0 Å². The van der Waals surface area contributed by atoms with E-state index in [4.69, 9.17) is 0 Å². The number of hydrogen-bond donors (Lipinski definition) is 1. The van der Waals surface area contributed by atoms with Gasteiger partial charge in [0.15, 0.2) is 0 Å². The first-order chi connectivity index (χ1) is 4.34. The minimum absolute atomic E-state index is 0.127. The van der Waals surface area contributed by atoms with E-state index in [2.05, 4.69) is 5.41 Å². The summed E-state index contributed by atoms with van der Waals surface area (Å²) >= 11 is 1.68. The predicted molar refractivity (Wildman–Crippen MR) is 41.5 cm³/mol. The Morgan fingerprint density at radius 1 is 1.78 bits per heavy atom. The molecule has 0 aromatic carbocycles. The highest BCUT2D eigenvalue weighted by Crippen LogP contribution is 2.25. The van der Waals surface area contributed by atoms with Crippen molar-refractivity contribution < 1.29 is 5.11 Å². The maximum Gasteiger partial charge on any atom is 0.0758 e. The van der Waals surface area contributed by atoms with Crippen molar-refractivity contribution in [2.75, 3.05) is 6.26 Å². The highest BCUT2D eigenvalue weighted by atomic mass is 32.2. The van der Waals surface area contributed by atoms with E-state index >= 15 is 0 Å². The molecule has 0 aromatic rings. The first-order valence-corrected chi connectivity index (χ1v) is 4.53. The van der Waals surface area contributed by atoms with Crippen molar-refractivity contribution in [2.24, 2.45) is 0 Å². The van der Waals surface area contributed by atoms with E-state index in [0.717, 1.165) is 19.3 Å². The molecule has 1 unspecified atom stereocenters. The third-order valence-corrected chi connectivity index (χ3v) is 2.18. The molecule has 1 N–H and O–H groups in total. The zero-order valence-corrected chi connectivity index (χ0v) is 6.45. The number of aliphatic hydroxyl groups is 1. The van der Waals surface area contributed by atoms with Gasteiger partial charge in [-0.05, 0) is 36.5 Å². The second-order valence-corrected chi connectivity index (χ2v) is 3.04. The predicted octanol–water partition coefficient (Wildman–Crippen LogP) is 1.78. The molecule has 0 spiro atoms. The van der Waals surface area contributed by atoms with Gasteiger partial charge in [0, 0.05) is 0 Å². The fourth-order valence-corrected chi connectivity index (χ4v) is 1.72. The van der Waals surface area contributed by atoms with Crippen molar-refractivity contribution in [3.63, 3.8) is 0 Å². The SMILES string of the molecule is CS/C=C1/CCCC1O. The molecule has 1 saturated carbocycles. The van der Waals surface area contributed by atoms with Crippen LogP contribution in [0.4, 0.5) is 0 Å². The topological polar surface area (TPSA) is 20.2 Å². The zero-order chi connectivity index (χ0) is 6.69. The lowest BCUT2D eigenvalue weighted by atomic mass is 10.2. The average molecular weight is 144 g/mol. The Morgan fingerprint density at radius 3 is 3.00 bits per heavy atom. The molecule has 1 nitrogen and oxygen atoms in total. The lowest BCUT2D eigenvalue weighted by molar-refractivity contribution is 0.218. The molecule has 0 aliphatic heterocycles. The molecule has 1 rings (SSSR count). The fraction of sp³-hybridized carbons (Fsp3) is 0.714. The van der Waals surface area contributed by atoms with Crippen LogP contribution in [-0.4, -0.2) is 17.5 Å². The van der Waals surface area contributed by atoms with Gasteiger partial charge in [0.05, 0.1) is 6.10 Å². The Kier molecular flexibility index (Phi) is 2.61. The first-order valence-electron chi connectivity index (χ1n) is 3.24. The van der Waals surface area contributed by atoms with Gasteiger partial charge in [-0.3, -0.25) is 0 Å². The van der Waals surface area contributed by atoms with Gasteiger partial charge in [-0.25, -0.2) is 0 Å². The second kappa shape index (κ2) is 3.28. The van der Waals surface area contributed by atoms with E-state index in [0.29, 0.717) is 0 Å². The van der Waals surface area contributed by atoms with E-state index < -0.39 is 0 Å². The van der Waals surface area contributed by atoms with Gasteiger partial charge in [0.2, 0.25) is 0 Å². The largest absolute Gasteiger partial charge is 0.389 e. The Hall–Kier alpha value is 0.0500. The van der Waals surface area contributed by atoms with Crippen LogP contribution in [0, 0.1) is 0 Å². The van der Waals surface area contributed by atoms with Gasteiger partial charge in [-0.1, -0.05) is 0 Å². The monoisotopic (exact) mass is 144 g/mol. The van der Waals surface area contributed by atoms with Gasteiger partial charge in [-0.2, -0.15) is 0 Å². The lowest BCUT2D eigenvalue weighted by Gasteiger charge is -2.00. The molecule has 1 fully saturated rings. The summed E-state index contributed by atoms with van der Waals surface area (Å²) in [5, 5.41) is 11.3. The molecular formula is C7H12OS. The van der Waals surface area contributed by atoms with Gasteiger partial charge in [0.25, 0.3) is 0 Å². The van der Waals surface area contributed by atoms with Crippen LogP contribution in [-0.2, 0) is 0 Å². The van der Waals surface area contributed by atoms with Crippen LogP contribution in [0.3, 0.4) is 0 Å².